The van der Waals surface area contributed by atoms with Crippen molar-refractivity contribution in [2.24, 2.45) is 0 Å². The Morgan fingerprint density at radius 2 is 1.93 bits per heavy atom. The van der Waals surface area contributed by atoms with Crippen LogP contribution in [0.25, 0.3) is 6.08 Å². The first-order chi connectivity index (χ1) is 13.2. The predicted octanol–water partition coefficient (Wildman–Crippen LogP) is 2.58. The molecular weight excluding hydrogens is 346 g/mol. The minimum absolute atomic E-state index is 0.0114. The molecule has 0 unspecified atom stereocenters. The molecule has 1 aromatic carbocycles. The molecular formula is C20H23N3O4. The first kappa shape index (κ1) is 18.7. The van der Waals surface area contributed by atoms with Crippen LogP contribution in [0.15, 0.2) is 42.9 Å². The number of carbonyl (C=O) groups is 1. The van der Waals surface area contributed by atoms with Crippen LogP contribution in [0.2, 0.25) is 0 Å². The van der Waals surface area contributed by atoms with E-state index in [2.05, 4.69) is 9.97 Å². The molecule has 2 heterocycles. The first-order valence-electron chi connectivity index (χ1n) is 8.81. The largest absolute Gasteiger partial charge is 0.493 e. The van der Waals surface area contributed by atoms with E-state index in [0.717, 1.165) is 18.4 Å². The maximum Gasteiger partial charge on any atom is 0.246 e. The van der Waals surface area contributed by atoms with E-state index >= 15 is 0 Å². The van der Waals surface area contributed by atoms with Gasteiger partial charge in [0.2, 0.25) is 11.8 Å². The fourth-order valence-electron chi connectivity index (χ4n) is 2.94. The summed E-state index contributed by atoms with van der Waals surface area (Å²) in [5.41, 5.74) is 0.877. The highest BCUT2D eigenvalue weighted by molar-refractivity contribution is 5.91. The third kappa shape index (κ3) is 4.97. The number of hydrogen-bond donors (Lipinski definition) is 0. The Kier molecular flexibility index (Phi) is 6.25. The lowest BCUT2D eigenvalue weighted by Crippen LogP contribution is -2.41. The summed E-state index contributed by atoms with van der Waals surface area (Å²) < 4.78 is 16.3. The number of hydrogen-bond acceptors (Lipinski definition) is 6. The Bertz CT molecular complexity index is 787. The number of methoxy groups -OCH3 is 2. The lowest BCUT2D eigenvalue weighted by atomic mass is 10.1. The van der Waals surface area contributed by atoms with Crippen LogP contribution in [-0.2, 0) is 4.79 Å². The van der Waals surface area contributed by atoms with Crippen molar-refractivity contribution in [2.75, 3.05) is 27.3 Å². The number of carbonyl (C=O) groups excluding carboxylic acids is 1. The smallest absolute Gasteiger partial charge is 0.246 e. The molecule has 2 aromatic rings. The Hall–Kier alpha value is -3.09. The molecule has 7 heteroatoms. The molecule has 0 aliphatic carbocycles. The molecule has 1 aliphatic rings. The number of piperidine rings is 1. The van der Waals surface area contributed by atoms with Gasteiger partial charge in [0.05, 0.1) is 20.4 Å². The second-order valence-electron chi connectivity index (χ2n) is 6.13. The maximum atomic E-state index is 12.4. The minimum atomic E-state index is -0.0114. The molecule has 0 atom stereocenters. The summed E-state index contributed by atoms with van der Waals surface area (Å²) in [5.74, 6) is 1.80. The average Bonchev–Trinajstić information content (AvgIpc) is 2.73. The predicted molar refractivity (Wildman–Crippen MR) is 101 cm³/mol. The van der Waals surface area contributed by atoms with Crippen LogP contribution in [0.4, 0.5) is 0 Å². The van der Waals surface area contributed by atoms with Gasteiger partial charge in [0.1, 0.15) is 6.10 Å². The van der Waals surface area contributed by atoms with E-state index < -0.39 is 0 Å². The number of amides is 1. The molecule has 1 saturated heterocycles. The van der Waals surface area contributed by atoms with Crippen LogP contribution in [0.3, 0.4) is 0 Å². The third-order valence-corrected chi connectivity index (χ3v) is 4.41. The van der Waals surface area contributed by atoms with E-state index in [1.54, 1.807) is 45.0 Å². The average molecular weight is 369 g/mol. The van der Waals surface area contributed by atoms with Gasteiger partial charge in [-0.2, -0.15) is 0 Å². The molecule has 0 spiro atoms. The number of nitrogens with zero attached hydrogens (tertiary/aromatic N) is 3. The van der Waals surface area contributed by atoms with Gasteiger partial charge in [0.25, 0.3) is 0 Å². The zero-order chi connectivity index (χ0) is 19.1. The van der Waals surface area contributed by atoms with Crippen molar-refractivity contribution in [3.8, 4) is 17.4 Å². The molecule has 0 bridgehead atoms. The number of rotatable bonds is 6. The van der Waals surface area contributed by atoms with Crippen LogP contribution in [0.5, 0.6) is 17.4 Å². The van der Waals surface area contributed by atoms with E-state index in [-0.39, 0.29) is 12.0 Å². The summed E-state index contributed by atoms with van der Waals surface area (Å²) in [6.07, 6.45) is 9.78. The van der Waals surface area contributed by atoms with E-state index in [0.29, 0.717) is 30.5 Å². The number of likely N-dealkylation sites (tertiary alicyclic amines) is 1. The SMILES string of the molecule is COc1ccc(/C=C/C(=O)N2CCC(Oc3cnccn3)CC2)cc1OC. The second-order valence-corrected chi connectivity index (χ2v) is 6.13. The van der Waals surface area contributed by atoms with Crippen molar-refractivity contribution in [1.82, 2.24) is 14.9 Å². The molecule has 142 valence electrons. The molecule has 7 nitrogen and oxygen atoms in total. The van der Waals surface area contributed by atoms with E-state index in [9.17, 15) is 4.79 Å². The van der Waals surface area contributed by atoms with Gasteiger partial charge in [-0.3, -0.25) is 9.78 Å². The van der Waals surface area contributed by atoms with Gasteiger partial charge in [-0.25, -0.2) is 4.98 Å². The second kappa shape index (κ2) is 9.02. The normalized spacial score (nSPS) is 15.0. The molecule has 1 amide bonds. The van der Waals surface area contributed by atoms with E-state index in [1.165, 1.54) is 0 Å². The maximum absolute atomic E-state index is 12.4. The number of ether oxygens (including phenoxy) is 3. The molecule has 0 radical (unpaired) electrons. The fraction of sp³-hybridized carbons (Fsp3) is 0.350. The Labute approximate surface area is 158 Å². The summed E-state index contributed by atoms with van der Waals surface area (Å²) in [7, 11) is 3.18. The minimum Gasteiger partial charge on any atom is -0.493 e. The topological polar surface area (TPSA) is 73.8 Å². The molecule has 1 fully saturated rings. The highest BCUT2D eigenvalue weighted by Crippen LogP contribution is 2.28. The van der Waals surface area contributed by atoms with Crippen molar-refractivity contribution >= 4 is 12.0 Å². The summed E-state index contributed by atoms with van der Waals surface area (Å²) in [5, 5.41) is 0. The lowest BCUT2D eigenvalue weighted by Gasteiger charge is -2.31. The number of aromatic nitrogens is 2. The molecule has 3 rings (SSSR count). The highest BCUT2D eigenvalue weighted by atomic mass is 16.5. The molecule has 27 heavy (non-hydrogen) atoms. The monoisotopic (exact) mass is 369 g/mol. The highest BCUT2D eigenvalue weighted by Gasteiger charge is 2.23. The lowest BCUT2D eigenvalue weighted by molar-refractivity contribution is -0.127. The summed E-state index contributed by atoms with van der Waals surface area (Å²) in [6, 6.07) is 5.54. The zero-order valence-corrected chi connectivity index (χ0v) is 15.5. The van der Waals surface area contributed by atoms with Gasteiger partial charge in [-0.1, -0.05) is 6.07 Å². The Morgan fingerprint density at radius 1 is 1.15 bits per heavy atom. The quantitative estimate of drug-likeness (QED) is 0.729. The van der Waals surface area contributed by atoms with Crippen LogP contribution in [0.1, 0.15) is 18.4 Å². The van der Waals surface area contributed by atoms with Crippen LogP contribution in [-0.4, -0.2) is 54.2 Å². The first-order valence-corrected chi connectivity index (χ1v) is 8.81. The Balaban J connectivity index is 1.53. The van der Waals surface area contributed by atoms with Crippen LogP contribution in [0, 0.1) is 0 Å². The molecule has 0 saturated carbocycles. The standard InChI is InChI=1S/C20H23N3O4/c1-25-17-5-3-15(13-18(17)26-2)4-6-20(24)23-11-7-16(8-12-23)27-19-14-21-9-10-22-19/h3-6,9-10,13-14,16H,7-8,11-12H2,1-2H3/b6-4+. The zero-order valence-electron chi connectivity index (χ0n) is 15.5. The van der Waals surface area contributed by atoms with Gasteiger partial charge in [-0.05, 0) is 23.8 Å². The van der Waals surface area contributed by atoms with Crippen LogP contribution < -0.4 is 14.2 Å². The van der Waals surface area contributed by atoms with Crippen molar-refractivity contribution in [3.63, 3.8) is 0 Å². The van der Waals surface area contributed by atoms with Crippen molar-refractivity contribution in [2.45, 2.75) is 18.9 Å². The molecule has 1 aromatic heterocycles. The molecule has 0 N–H and O–H groups in total. The van der Waals surface area contributed by atoms with Crippen molar-refractivity contribution in [1.29, 1.82) is 0 Å². The van der Waals surface area contributed by atoms with E-state index in [1.807, 2.05) is 23.1 Å². The summed E-state index contributed by atoms with van der Waals surface area (Å²) in [6.45, 7) is 1.31. The number of benzene rings is 1. The van der Waals surface area contributed by atoms with Crippen LogP contribution >= 0.6 is 0 Å². The Morgan fingerprint density at radius 3 is 2.59 bits per heavy atom. The molecule has 1 aliphatic heterocycles. The van der Waals surface area contributed by atoms with Gasteiger partial charge in [-0.15, -0.1) is 0 Å². The van der Waals surface area contributed by atoms with Gasteiger partial charge >= 0.3 is 0 Å². The van der Waals surface area contributed by atoms with Crippen molar-refractivity contribution < 1.29 is 19.0 Å². The van der Waals surface area contributed by atoms with Crippen molar-refractivity contribution in [3.05, 3.63) is 48.4 Å². The fourth-order valence-corrected chi connectivity index (χ4v) is 2.94. The van der Waals surface area contributed by atoms with E-state index in [4.69, 9.17) is 14.2 Å². The van der Waals surface area contributed by atoms with Gasteiger partial charge in [0.15, 0.2) is 11.5 Å². The van der Waals surface area contributed by atoms with Gasteiger partial charge < -0.3 is 19.1 Å². The third-order valence-electron chi connectivity index (χ3n) is 4.41. The summed E-state index contributed by atoms with van der Waals surface area (Å²) in [4.78, 5) is 22.4. The summed E-state index contributed by atoms with van der Waals surface area (Å²) >= 11 is 0. The van der Waals surface area contributed by atoms with Gasteiger partial charge in [0, 0.05) is 44.4 Å².